The van der Waals surface area contributed by atoms with Crippen LogP contribution in [0.1, 0.15) is 29.3 Å². The van der Waals surface area contributed by atoms with Crippen LogP contribution < -0.4 is 5.43 Å². The molecule has 0 fully saturated rings. The zero-order valence-electron chi connectivity index (χ0n) is 12.0. The second kappa shape index (κ2) is 5.25. The fourth-order valence-electron chi connectivity index (χ4n) is 2.91. The van der Waals surface area contributed by atoms with Gasteiger partial charge < -0.3 is 9.30 Å². The van der Waals surface area contributed by atoms with E-state index >= 15 is 0 Å². The van der Waals surface area contributed by atoms with Crippen molar-refractivity contribution in [3.05, 3.63) is 49.8 Å². The minimum absolute atomic E-state index is 0.00671. The molecule has 0 amide bonds. The number of hydrogen-bond donors (Lipinski definition) is 0. The third-order valence-corrected chi connectivity index (χ3v) is 3.82. The van der Waals surface area contributed by atoms with Gasteiger partial charge in [0.15, 0.2) is 0 Å². The molecule has 3 rings (SSSR count). The first kappa shape index (κ1) is 14.2. The van der Waals surface area contributed by atoms with Crippen LogP contribution in [0, 0.1) is 10.1 Å². The highest BCUT2D eigenvalue weighted by Gasteiger charge is 2.26. The molecule has 7 nitrogen and oxygen atoms in total. The van der Waals surface area contributed by atoms with Crippen molar-refractivity contribution in [2.24, 2.45) is 0 Å². The zero-order valence-corrected chi connectivity index (χ0v) is 12.0. The molecule has 0 saturated heterocycles. The van der Waals surface area contributed by atoms with Gasteiger partial charge in [0.25, 0.3) is 5.69 Å². The molecule has 0 N–H and O–H groups in total. The number of rotatable bonds is 3. The summed E-state index contributed by atoms with van der Waals surface area (Å²) in [6.45, 7) is 2.39. The fourth-order valence-corrected chi connectivity index (χ4v) is 2.91. The third-order valence-electron chi connectivity index (χ3n) is 3.82. The van der Waals surface area contributed by atoms with E-state index in [4.69, 9.17) is 4.74 Å². The summed E-state index contributed by atoms with van der Waals surface area (Å²) >= 11 is 0. The lowest BCUT2D eigenvalue weighted by molar-refractivity contribution is -0.383. The second-order valence-electron chi connectivity index (χ2n) is 5.11. The standard InChI is InChI=1S/C15H14N2O5/c1-2-22-15(19)10-8-16-7-3-4-9-5-6-11(17(20)21)12(13(9)16)14(10)18/h5-6,8H,2-4,7H2,1H3. The van der Waals surface area contributed by atoms with Crippen molar-refractivity contribution in [2.45, 2.75) is 26.3 Å². The Bertz CT molecular complexity index is 853. The first-order chi connectivity index (χ1) is 10.5. The summed E-state index contributed by atoms with van der Waals surface area (Å²) in [5.41, 5.74) is 0.375. The molecule has 1 aromatic carbocycles. The first-order valence-corrected chi connectivity index (χ1v) is 7.05. The lowest BCUT2D eigenvalue weighted by Crippen LogP contribution is -2.24. The van der Waals surface area contributed by atoms with Gasteiger partial charge in [0, 0.05) is 18.8 Å². The van der Waals surface area contributed by atoms with Crippen molar-refractivity contribution in [1.82, 2.24) is 4.57 Å². The van der Waals surface area contributed by atoms with Crippen LogP contribution in [0.3, 0.4) is 0 Å². The smallest absolute Gasteiger partial charge is 0.343 e. The van der Waals surface area contributed by atoms with Crippen molar-refractivity contribution in [3.8, 4) is 0 Å². The SMILES string of the molecule is CCOC(=O)c1cn2c3c(ccc([N+](=O)[O-])c3c1=O)CCC2. The summed E-state index contributed by atoms with van der Waals surface area (Å²) in [5, 5.41) is 11.2. The van der Waals surface area contributed by atoms with Crippen molar-refractivity contribution < 1.29 is 14.5 Å². The topological polar surface area (TPSA) is 91.4 Å². The summed E-state index contributed by atoms with van der Waals surface area (Å²) < 4.78 is 6.63. The normalized spacial score (nSPS) is 13.1. The third kappa shape index (κ3) is 2.05. The molecule has 0 unspecified atom stereocenters. The maximum Gasteiger partial charge on any atom is 0.343 e. The Morgan fingerprint density at radius 2 is 2.23 bits per heavy atom. The largest absolute Gasteiger partial charge is 0.462 e. The average Bonchev–Trinajstić information content (AvgIpc) is 2.50. The molecule has 0 saturated carbocycles. The Morgan fingerprint density at radius 1 is 1.45 bits per heavy atom. The predicted octanol–water partition coefficient (Wildman–Crippen LogP) is 2.03. The summed E-state index contributed by atoms with van der Waals surface area (Å²) in [5.74, 6) is -0.747. The summed E-state index contributed by atoms with van der Waals surface area (Å²) in [7, 11) is 0. The maximum absolute atomic E-state index is 12.6. The minimum atomic E-state index is -0.747. The molecule has 0 atom stereocenters. The molecule has 2 heterocycles. The van der Waals surface area contributed by atoms with E-state index in [1.807, 2.05) is 0 Å². The Hall–Kier alpha value is -2.70. The summed E-state index contributed by atoms with van der Waals surface area (Å²) in [6.07, 6.45) is 3.06. The van der Waals surface area contributed by atoms with Gasteiger partial charge in [-0.15, -0.1) is 0 Å². The molecular weight excluding hydrogens is 288 g/mol. The molecular formula is C15H14N2O5. The molecule has 2 aromatic rings. The number of ether oxygens (including phenoxy) is 1. The van der Waals surface area contributed by atoms with Gasteiger partial charge in [0.2, 0.25) is 5.43 Å². The van der Waals surface area contributed by atoms with Gasteiger partial charge >= 0.3 is 5.97 Å². The van der Waals surface area contributed by atoms with Crippen molar-refractivity contribution in [1.29, 1.82) is 0 Å². The minimum Gasteiger partial charge on any atom is -0.462 e. The summed E-state index contributed by atoms with van der Waals surface area (Å²) in [4.78, 5) is 35.2. The summed E-state index contributed by atoms with van der Waals surface area (Å²) in [6, 6.07) is 3.02. The predicted molar refractivity (Wildman–Crippen MR) is 79.1 cm³/mol. The lowest BCUT2D eigenvalue weighted by Gasteiger charge is -2.20. The molecule has 1 aromatic heterocycles. The number of non-ortho nitro benzene ring substituents is 1. The molecule has 0 aliphatic carbocycles. The molecule has 7 heteroatoms. The molecule has 0 spiro atoms. The highest BCUT2D eigenvalue weighted by molar-refractivity contribution is 5.98. The van der Waals surface area contributed by atoms with Gasteiger partial charge in [-0.1, -0.05) is 6.07 Å². The van der Waals surface area contributed by atoms with Crippen molar-refractivity contribution in [2.75, 3.05) is 6.61 Å². The fraction of sp³-hybridized carbons (Fsp3) is 0.333. The number of hydrogen-bond acceptors (Lipinski definition) is 5. The number of benzene rings is 1. The first-order valence-electron chi connectivity index (χ1n) is 7.05. The van der Waals surface area contributed by atoms with Crippen molar-refractivity contribution in [3.63, 3.8) is 0 Å². The second-order valence-corrected chi connectivity index (χ2v) is 5.11. The van der Waals surface area contributed by atoms with E-state index in [-0.39, 0.29) is 23.2 Å². The monoisotopic (exact) mass is 302 g/mol. The van der Waals surface area contributed by atoms with E-state index in [9.17, 15) is 19.7 Å². The number of esters is 1. The number of carbonyl (C=O) groups is 1. The van der Waals surface area contributed by atoms with E-state index < -0.39 is 16.3 Å². The van der Waals surface area contributed by atoms with Gasteiger partial charge in [0.05, 0.1) is 17.0 Å². The van der Waals surface area contributed by atoms with Crippen molar-refractivity contribution >= 4 is 22.6 Å². The number of carbonyl (C=O) groups excluding carboxylic acids is 1. The highest BCUT2D eigenvalue weighted by atomic mass is 16.6. The van der Waals surface area contributed by atoms with Crippen LogP contribution >= 0.6 is 0 Å². The van der Waals surface area contributed by atoms with Crippen LogP contribution in [0.5, 0.6) is 0 Å². The Labute approximate surface area is 125 Å². The van der Waals surface area contributed by atoms with Crippen LogP contribution in [0.25, 0.3) is 10.9 Å². The number of nitro groups is 1. The van der Waals surface area contributed by atoms with E-state index in [0.717, 1.165) is 18.4 Å². The van der Waals surface area contributed by atoms with Crippen LogP contribution in [-0.2, 0) is 17.7 Å². The van der Waals surface area contributed by atoms with Crippen LogP contribution in [0.2, 0.25) is 0 Å². The highest BCUT2D eigenvalue weighted by Crippen LogP contribution is 2.30. The van der Waals surface area contributed by atoms with Gasteiger partial charge in [-0.2, -0.15) is 0 Å². The van der Waals surface area contributed by atoms with Gasteiger partial charge in [-0.25, -0.2) is 4.79 Å². The zero-order chi connectivity index (χ0) is 15.9. The van der Waals surface area contributed by atoms with E-state index in [1.54, 1.807) is 17.6 Å². The Morgan fingerprint density at radius 3 is 2.91 bits per heavy atom. The number of aryl methyl sites for hydroxylation is 2. The average molecular weight is 302 g/mol. The Balaban J connectivity index is 2.42. The van der Waals surface area contributed by atoms with E-state index in [1.165, 1.54) is 12.3 Å². The van der Waals surface area contributed by atoms with Crippen LogP contribution in [-0.4, -0.2) is 22.1 Å². The molecule has 0 bridgehead atoms. The molecule has 0 radical (unpaired) electrons. The van der Waals surface area contributed by atoms with Gasteiger partial charge in [-0.05, 0) is 25.3 Å². The van der Waals surface area contributed by atoms with E-state index in [0.29, 0.717) is 12.1 Å². The number of aromatic nitrogens is 1. The Kier molecular flexibility index (Phi) is 3.40. The lowest BCUT2D eigenvalue weighted by atomic mass is 9.98. The molecule has 1 aliphatic rings. The molecule has 114 valence electrons. The quantitative estimate of drug-likeness (QED) is 0.491. The van der Waals surface area contributed by atoms with Crippen LogP contribution in [0.4, 0.5) is 5.69 Å². The molecule has 22 heavy (non-hydrogen) atoms. The van der Waals surface area contributed by atoms with E-state index in [2.05, 4.69) is 0 Å². The number of nitro benzene ring substituents is 1. The van der Waals surface area contributed by atoms with Crippen LogP contribution in [0.15, 0.2) is 23.1 Å². The number of nitrogens with zero attached hydrogens (tertiary/aromatic N) is 2. The van der Waals surface area contributed by atoms with Gasteiger partial charge in [-0.3, -0.25) is 14.9 Å². The number of pyridine rings is 1. The maximum atomic E-state index is 12.6. The molecule has 1 aliphatic heterocycles. The van der Waals surface area contributed by atoms with Gasteiger partial charge in [0.1, 0.15) is 10.9 Å².